The Morgan fingerprint density at radius 2 is 1.96 bits per heavy atom. The molecule has 0 unspecified atom stereocenters. The number of thiocarbonyl (C=S) groups is 1. The van der Waals surface area contributed by atoms with Gasteiger partial charge in [0.1, 0.15) is 15.8 Å². The topological polar surface area (TPSA) is 101 Å². The van der Waals surface area contributed by atoms with Crippen LogP contribution in [0.4, 0.5) is 5.13 Å². The van der Waals surface area contributed by atoms with Crippen LogP contribution in [0.15, 0.2) is 62.2 Å². The summed E-state index contributed by atoms with van der Waals surface area (Å²) in [4.78, 5) is 16.2. The van der Waals surface area contributed by atoms with E-state index in [0.29, 0.717) is 31.4 Å². The number of carbonyl (C=O) groups excluding carboxylic acids is 1. The van der Waals surface area contributed by atoms with E-state index in [9.17, 15) is 13.2 Å². The molecule has 2 aromatic heterocycles. The molecule has 1 aliphatic heterocycles. The number of hydrogen-bond donors (Lipinski definition) is 2. The first-order valence-electron chi connectivity index (χ1n) is 7.78. The number of aromatic nitrogens is 1. The summed E-state index contributed by atoms with van der Waals surface area (Å²) in [6, 6.07) is 9.76. The lowest BCUT2D eigenvalue weighted by atomic mass is 10.2. The van der Waals surface area contributed by atoms with Gasteiger partial charge in [-0.1, -0.05) is 24.0 Å². The minimum Gasteiger partial charge on any atom is -0.457 e. The lowest BCUT2D eigenvalue weighted by Crippen LogP contribution is -2.17. The number of benzene rings is 1. The molecule has 7 nitrogen and oxygen atoms in total. The lowest BCUT2D eigenvalue weighted by Gasteiger charge is -2.05. The van der Waals surface area contributed by atoms with E-state index >= 15 is 0 Å². The Kier molecular flexibility index (Phi) is 5.06. The molecule has 0 bridgehead atoms. The van der Waals surface area contributed by atoms with Crippen LogP contribution in [-0.4, -0.2) is 23.6 Å². The van der Waals surface area contributed by atoms with Crippen molar-refractivity contribution in [1.29, 1.82) is 0 Å². The Balaban J connectivity index is 1.53. The van der Waals surface area contributed by atoms with Gasteiger partial charge in [0.2, 0.25) is 0 Å². The number of anilines is 1. The first-order valence-corrected chi connectivity index (χ1v) is 11.4. The predicted molar refractivity (Wildman–Crippen MR) is 113 cm³/mol. The molecular formula is C17H11N3O4S4. The average Bonchev–Trinajstić information content (AvgIpc) is 3.38. The maximum atomic E-state index is 12.4. The Bertz CT molecular complexity index is 1180. The van der Waals surface area contributed by atoms with Crippen LogP contribution in [0.25, 0.3) is 17.4 Å². The second kappa shape index (κ2) is 7.51. The molecular weight excluding hydrogens is 438 g/mol. The number of thioether (sulfide) groups is 1. The summed E-state index contributed by atoms with van der Waals surface area (Å²) < 4.78 is 33.3. The standard InChI is InChI=1S/C17H11N3O4S4/c21-15-14(27-17(25)19-15)9-11-3-6-13(24-11)10-1-4-12(5-2-10)28(22,23)20-16-18-7-8-26-16/h1-9H,(H,18,20)(H,19,21,25). The highest BCUT2D eigenvalue weighted by Gasteiger charge is 2.22. The predicted octanol–water partition coefficient (Wildman–Crippen LogP) is 3.69. The maximum Gasteiger partial charge on any atom is 0.263 e. The van der Waals surface area contributed by atoms with Crippen LogP contribution >= 0.6 is 35.3 Å². The molecule has 1 saturated heterocycles. The molecule has 28 heavy (non-hydrogen) atoms. The molecule has 2 N–H and O–H groups in total. The highest BCUT2D eigenvalue weighted by atomic mass is 32.2. The van der Waals surface area contributed by atoms with Crippen molar-refractivity contribution in [1.82, 2.24) is 10.3 Å². The minimum atomic E-state index is -3.71. The van der Waals surface area contributed by atoms with Crippen molar-refractivity contribution >= 4 is 66.8 Å². The average molecular weight is 450 g/mol. The van der Waals surface area contributed by atoms with E-state index < -0.39 is 10.0 Å². The summed E-state index contributed by atoms with van der Waals surface area (Å²) in [7, 11) is -3.71. The first kappa shape index (κ1) is 18.9. The number of amides is 1. The molecule has 1 aliphatic rings. The van der Waals surface area contributed by atoms with Gasteiger partial charge in [-0.25, -0.2) is 13.4 Å². The molecule has 0 saturated carbocycles. The number of carbonyl (C=O) groups is 1. The smallest absolute Gasteiger partial charge is 0.263 e. The lowest BCUT2D eigenvalue weighted by molar-refractivity contribution is -0.115. The molecule has 0 atom stereocenters. The van der Waals surface area contributed by atoms with Crippen LogP contribution < -0.4 is 10.0 Å². The van der Waals surface area contributed by atoms with Crippen molar-refractivity contribution in [3.05, 3.63) is 58.6 Å². The number of nitrogens with one attached hydrogen (secondary N) is 2. The van der Waals surface area contributed by atoms with Crippen molar-refractivity contribution in [2.24, 2.45) is 0 Å². The van der Waals surface area contributed by atoms with Crippen molar-refractivity contribution < 1.29 is 17.6 Å². The third kappa shape index (κ3) is 4.02. The molecule has 11 heteroatoms. The number of rotatable bonds is 5. The molecule has 4 rings (SSSR count). The highest BCUT2D eigenvalue weighted by Crippen LogP contribution is 2.29. The summed E-state index contributed by atoms with van der Waals surface area (Å²) >= 11 is 7.33. The Hall–Kier alpha value is -2.47. The number of hydrogen-bond acceptors (Lipinski definition) is 8. The molecule has 0 spiro atoms. The first-order chi connectivity index (χ1) is 13.4. The van der Waals surface area contributed by atoms with Gasteiger partial charge in [0, 0.05) is 23.2 Å². The number of thiazole rings is 1. The van der Waals surface area contributed by atoms with Gasteiger partial charge in [0.25, 0.3) is 15.9 Å². The van der Waals surface area contributed by atoms with Crippen LogP contribution in [0.3, 0.4) is 0 Å². The van der Waals surface area contributed by atoms with Crippen LogP contribution in [0.1, 0.15) is 5.76 Å². The fraction of sp³-hybridized carbons (Fsp3) is 0. The summed E-state index contributed by atoms with van der Waals surface area (Å²) in [5.41, 5.74) is 0.705. The van der Waals surface area contributed by atoms with Gasteiger partial charge in [-0.3, -0.25) is 9.52 Å². The summed E-state index contributed by atoms with van der Waals surface area (Å²) in [6.07, 6.45) is 3.14. The molecule has 3 heterocycles. The summed E-state index contributed by atoms with van der Waals surface area (Å²) in [5.74, 6) is 0.796. The Morgan fingerprint density at radius 3 is 2.61 bits per heavy atom. The normalized spacial score (nSPS) is 15.8. The van der Waals surface area contributed by atoms with E-state index in [-0.39, 0.29) is 10.8 Å². The van der Waals surface area contributed by atoms with Crippen LogP contribution in [0, 0.1) is 0 Å². The third-order valence-corrected chi connectivity index (χ3v) is 6.98. The maximum absolute atomic E-state index is 12.4. The Morgan fingerprint density at radius 1 is 1.18 bits per heavy atom. The summed E-state index contributed by atoms with van der Waals surface area (Å²) in [5, 5.41) is 4.53. The number of sulfonamides is 1. The van der Waals surface area contributed by atoms with E-state index in [1.54, 1.807) is 35.7 Å². The molecule has 142 valence electrons. The molecule has 0 radical (unpaired) electrons. The number of nitrogens with zero attached hydrogens (tertiary/aromatic N) is 1. The third-order valence-electron chi connectivity index (χ3n) is 3.65. The van der Waals surface area contributed by atoms with Crippen molar-refractivity contribution in [3.8, 4) is 11.3 Å². The van der Waals surface area contributed by atoms with Crippen LogP contribution in [0.2, 0.25) is 0 Å². The van der Waals surface area contributed by atoms with E-state index in [2.05, 4.69) is 15.0 Å². The second-order valence-electron chi connectivity index (χ2n) is 5.52. The SMILES string of the molecule is O=C1NC(=S)SC1=Cc1ccc(-c2ccc(S(=O)(=O)Nc3nccs3)cc2)o1. The molecule has 1 aromatic carbocycles. The molecule has 1 amide bonds. The van der Waals surface area contributed by atoms with Crippen LogP contribution in [0.5, 0.6) is 0 Å². The van der Waals surface area contributed by atoms with Gasteiger partial charge < -0.3 is 9.73 Å². The van der Waals surface area contributed by atoms with Gasteiger partial charge in [0.15, 0.2) is 5.13 Å². The van der Waals surface area contributed by atoms with Crippen molar-refractivity contribution in [3.63, 3.8) is 0 Å². The molecule has 0 aliphatic carbocycles. The van der Waals surface area contributed by atoms with E-state index in [1.807, 2.05) is 0 Å². The highest BCUT2D eigenvalue weighted by molar-refractivity contribution is 8.26. The van der Waals surface area contributed by atoms with Gasteiger partial charge >= 0.3 is 0 Å². The van der Waals surface area contributed by atoms with Crippen molar-refractivity contribution in [2.45, 2.75) is 4.90 Å². The zero-order valence-electron chi connectivity index (χ0n) is 13.9. The fourth-order valence-corrected chi connectivity index (χ4v) is 5.19. The van der Waals surface area contributed by atoms with Gasteiger partial charge in [0.05, 0.1) is 9.80 Å². The van der Waals surface area contributed by atoms with E-state index in [4.69, 9.17) is 16.6 Å². The van der Waals surface area contributed by atoms with E-state index in [0.717, 1.165) is 0 Å². The second-order valence-corrected chi connectivity index (χ2v) is 9.82. The monoisotopic (exact) mass is 449 g/mol. The fourth-order valence-electron chi connectivity index (χ4n) is 2.38. The largest absolute Gasteiger partial charge is 0.457 e. The van der Waals surface area contributed by atoms with Gasteiger partial charge in [-0.15, -0.1) is 11.3 Å². The van der Waals surface area contributed by atoms with E-state index in [1.165, 1.54) is 41.4 Å². The molecule has 1 fully saturated rings. The summed E-state index contributed by atoms with van der Waals surface area (Å²) in [6.45, 7) is 0. The van der Waals surface area contributed by atoms with Gasteiger partial charge in [-0.2, -0.15) is 0 Å². The quantitative estimate of drug-likeness (QED) is 0.452. The zero-order valence-corrected chi connectivity index (χ0v) is 17.2. The zero-order chi connectivity index (χ0) is 19.7. The number of furan rings is 1. The minimum absolute atomic E-state index is 0.118. The van der Waals surface area contributed by atoms with Crippen LogP contribution in [-0.2, 0) is 14.8 Å². The van der Waals surface area contributed by atoms with Crippen molar-refractivity contribution in [2.75, 3.05) is 4.72 Å². The van der Waals surface area contributed by atoms with Gasteiger partial charge in [-0.05, 0) is 36.4 Å². The Labute approximate surface area is 173 Å². The molecule has 3 aromatic rings.